The fourth-order valence-electron chi connectivity index (χ4n) is 3.35. The topological polar surface area (TPSA) is 43.2 Å². The van der Waals surface area contributed by atoms with Crippen molar-refractivity contribution in [3.8, 4) is 0 Å². The van der Waals surface area contributed by atoms with Crippen LogP contribution in [0.3, 0.4) is 0 Å². The van der Waals surface area contributed by atoms with Crippen molar-refractivity contribution in [1.82, 2.24) is 0 Å². The second-order valence-electron chi connectivity index (χ2n) is 7.86. The van der Waals surface area contributed by atoms with Crippen molar-refractivity contribution in [3.63, 3.8) is 0 Å². The summed E-state index contributed by atoms with van der Waals surface area (Å²) >= 11 is 0. The summed E-state index contributed by atoms with van der Waals surface area (Å²) in [6.45, 7) is 10.00. The first-order valence-electron chi connectivity index (χ1n) is 9.47. The summed E-state index contributed by atoms with van der Waals surface area (Å²) < 4.78 is 12.0. The second-order valence-corrected chi connectivity index (χ2v) is 7.86. The molecule has 2 aliphatic heterocycles. The van der Waals surface area contributed by atoms with Crippen molar-refractivity contribution in [2.45, 2.75) is 39.8 Å². The van der Waals surface area contributed by atoms with Crippen LogP contribution >= 0.6 is 0 Å². The van der Waals surface area contributed by atoms with Crippen LogP contribution < -0.4 is 0 Å². The summed E-state index contributed by atoms with van der Waals surface area (Å²) in [4.78, 5) is 9.67. The van der Waals surface area contributed by atoms with Gasteiger partial charge in [-0.25, -0.2) is 9.98 Å². The van der Waals surface area contributed by atoms with Crippen molar-refractivity contribution in [2.24, 2.45) is 21.8 Å². The van der Waals surface area contributed by atoms with Gasteiger partial charge in [0.05, 0.1) is 12.1 Å². The number of nitrogens with zero attached hydrogens (tertiary/aromatic N) is 2. The molecule has 0 amide bonds. The molecule has 0 radical (unpaired) electrons. The number of hydrogen-bond donors (Lipinski definition) is 0. The molecule has 2 aromatic rings. The van der Waals surface area contributed by atoms with Gasteiger partial charge < -0.3 is 9.47 Å². The molecule has 136 valence electrons. The largest absolute Gasteiger partial charge is 0.475 e. The summed E-state index contributed by atoms with van der Waals surface area (Å²) in [5.41, 5.74) is 1.96. The first kappa shape index (κ1) is 17.1. The van der Waals surface area contributed by atoms with E-state index in [1.54, 1.807) is 0 Å². The lowest BCUT2D eigenvalue weighted by atomic mass is 10.00. The smallest absolute Gasteiger partial charge is 0.217 e. The molecule has 0 N–H and O–H groups in total. The van der Waals surface area contributed by atoms with Crippen molar-refractivity contribution in [1.29, 1.82) is 0 Å². The highest BCUT2D eigenvalue weighted by Gasteiger charge is 2.29. The Morgan fingerprint density at radius 1 is 0.769 bits per heavy atom. The first-order valence-corrected chi connectivity index (χ1v) is 9.47. The van der Waals surface area contributed by atoms with E-state index in [-0.39, 0.29) is 12.1 Å². The van der Waals surface area contributed by atoms with Crippen LogP contribution in [-0.4, -0.2) is 37.1 Å². The third kappa shape index (κ3) is 3.09. The Balaban J connectivity index is 1.83. The van der Waals surface area contributed by atoms with Gasteiger partial charge in [-0.3, -0.25) is 0 Å². The average Bonchev–Trinajstić information content (AvgIpc) is 3.30. The molecular formula is C22H26N2O2. The summed E-state index contributed by atoms with van der Waals surface area (Å²) in [6, 6.07) is 13.1. The lowest BCUT2D eigenvalue weighted by molar-refractivity contribution is 0.289. The van der Waals surface area contributed by atoms with Crippen LogP contribution in [0.25, 0.3) is 10.8 Å². The van der Waals surface area contributed by atoms with Crippen LogP contribution in [0.1, 0.15) is 38.8 Å². The minimum Gasteiger partial charge on any atom is -0.475 e. The molecule has 0 bridgehead atoms. The van der Waals surface area contributed by atoms with E-state index in [2.05, 4.69) is 64.1 Å². The zero-order valence-corrected chi connectivity index (χ0v) is 15.9. The zero-order chi connectivity index (χ0) is 18.3. The van der Waals surface area contributed by atoms with Crippen LogP contribution in [0.2, 0.25) is 0 Å². The maximum absolute atomic E-state index is 5.98. The second kappa shape index (κ2) is 6.75. The third-order valence-corrected chi connectivity index (χ3v) is 5.23. The Labute approximate surface area is 154 Å². The maximum atomic E-state index is 5.98. The van der Waals surface area contributed by atoms with E-state index >= 15 is 0 Å². The Hall–Kier alpha value is -2.36. The van der Waals surface area contributed by atoms with Crippen molar-refractivity contribution >= 4 is 22.6 Å². The lowest BCUT2D eigenvalue weighted by Crippen LogP contribution is -2.13. The van der Waals surface area contributed by atoms with Gasteiger partial charge in [-0.1, -0.05) is 52.0 Å². The van der Waals surface area contributed by atoms with Gasteiger partial charge in [0, 0.05) is 11.1 Å². The number of hydrogen-bond acceptors (Lipinski definition) is 4. The Morgan fingerprint density at radius 2 is 1.19 bits per heavy atom. The Kier molecular flexibility index (Phi) is 4.43. The highest BCUT2D eigenvalue weighted by atomic mass is 16.5. The van der Waals surface area contributed by atoms with E-state index in [0.717, 1.165) is 11.1 Å². The minimum atomic E-state index is 0.208. The number of ether oxygens (including phenoxy) is 2. The quantitative estimate of drug-likeness (QED) is 0.818. The van der Waals surface area contributed by atoms with Gasteiger partial charge in [-0.05, 0) is 34.7 Å². The molecule has 0 aliphatic carbocycles. The van der Waals surface area contributed by atoms with Crippen molar-refractivity contribution in [3.05, 3.63) is 47.5 Å². The van der Waals surface area contributed by atoms with Gasteiger partial charge in [0.15, 0.2) is 0 Å². The van der Waals surface area contributed by atoms with E-state index in [9.17, 15) is 0 Å². The molecule has 2 atom stereocenters. The minimum absolute atomic E-state index is 0.208. The predicted octanol–water partition coefficient (Wildman–Crippen LogP) is 4.44. The zero-order valence-electron chi connectivity index (χ0n) is 15.9. The molecule has 0 saturated heterocycles. The van der Waals surface area contributed by atoms with Crippen molar-refractivity contribution < 1.29 is 9.47 Å². The highest BCUT2D eigenvalue weighted by molar-refractivity contribution is 6.11. The molecule has 0 fully saturated rings. The van der Waals surface area contributed by atoms with Crippen LogP contribution in [0.4, 0.5) is 0 Å². The van der Waals surface area contributed by atoms with Gasteiger partial charge in [-0.15, -0.1) is 0 Å². The van der Waals surface area contributed by atoms with E-state index in [4.69, 9.17) is 19.5 Å². The first-order chi connectivity index (χ1) is 12.5. The third-order valence-electron chi connectivity index (χ3n) is 5.23. The summed E-state index contributed by atoms with van der Waals surface area (Å²) in [5, 5.41) is 2.34. The van der Waals surface area contributed by atoms with E-state index < -0.39 is 0 Å². The number of benzene rings is 2. The normalized spacial score (nSPS) is 22.5. The molecule has 4 heteroatoms. The molecule has 26 heavy (non-hydrogen) atoms. The Morgan fingerprint density at radius 3 is 1.54 bits per heavy atom. The molecule has 2 aromatic carbocycles. The monoisotopic (exact) mass is 350 g/mol. The standard InChI is InChI=1S/C22H26N2O2/c1-13(2)19-11-25-21(23-19)17-9-15-7-5-6-8-16(15)10-18(17)22-24-20(12-26-22)14(3)4/h5-10,13-14,19-20H,11-12H2,1-4H3/t19-,20-/m1/s1. The van der Waals surface area contributed by atoms with Crippen LogP contribution in [0.15, 0.2) is 46.4 Å². The highest BCUT2D eigenvalue weighted by Crippen LogP contribution is 2.28. The molecule has 0 unspecified atom stereocenters. The number of fused-ring (bicyclic) bond motifs is 1. The molecule has 4 nitrogen and oxygen atoms in total. The predicted molar refractivity (Wildman–Crippen MR) is 106 cm³/mol. The molecule has 0 aromatic heterocycles. The van der Waals surface area contributed by atoms with Gasteiger partial charge in [0.25, 0.3) is 0 Å². The van der Waals surface area contributed by atoms with E-state index in [0.29, 0.717) is 36.8 Å². The molecule has 4 rings (SSSR count). The summed E-state index contributed by atoms with van der Waals surface area (Å²) in [6.07, 6.45) is 0. The summed E-state index contributed by atoms with van der Waals surface area (Å²) in [5.74, 6) is 2.34. The van der Waals surface area contributed by atoms with Crippen LogP contribution in [0, 0.1) is 11.8 Å². The van der Waals surface area contributed by atoms with Gasteiger partial charge in [0.2, 0.25) is 11.8 Å². The number of aliphatic imine (C=N–C) groups is 2. The fourth-order valence-corrected chi connectivity index (χ4v) is 3.35. The Bertz CT molecular complexity index is 810. The molecule has 0 saturated carbocycles. The van der Waals surface area contributed by atoms with Crippen LogP contribution in [0.5, 0.6) is 0 Å². The number of rotatable bonds is 4. The van der Waals surface area contributed by atoms with Gasteiger partial charge in [-0.2, -0.15) is 0 Å². The van der Waals surface area contributed by atoms with E-state index in [1.807, 2.05) is 0 Å². The average molecular weight is 350 g/mol. The summed E-state index contributed by atoms with van der Waals surface area (Å²) in [7, 11) is 0. The molecule has 0 spiro atoms. The van der Waals surface area contributed by atoms with Gasteiger partial charge >= 0.3 is 0 Å². The van der Waals surface area contributed by atoms with Crippen LogP contribution in [-0.2, 0) is 9.47 Å². The van der Waals surface area contributed by atoms with Crippen molar-refractivity contribution in [2.75, 3.05) is 13.2 Å². The maximum Gasteiger partial charge on any atom is 0.217 e. The van der Waals surface area contributed by atoms with Gasteiger partial charge in [0.1, 0.15) is 13.2 Å². The molecular weight excluding hydrogens is 324 g/mol. The fraction of sp³-hybridized carbons (Fsp3) is 0.455. The SMILES string of the molecule is CC(C)[C@H]1COC(c2cc3ccccc3cc2C2=N[C@@H](C(C)C)CO2)=N1. The molecule has 2 heterocycles. The lowest BCUT2D eigenvalue weighted by Gasteiger charge is -2.11. The van der Waals surface area contributed by atoms with E-state index in [1.165, 1.54) is 10.8 Å². The molecule has 2 aliphatic rings.